The molecule has 9 N–H and O–H groups in total. The van der Waals surface area contributed by atoms with E-state index in [4.69, 9.17) is 11.5 Å². The van der Waals surface area contributed by atoms with E-state index in [2.05, 4.69) is 10.3 Å². The van der Waals surface area contributed by atoms with Crippen molar-refractivity contribution in [3.8, 4) is 0 Å². The lowest BCUT2D eigenvalue weighted by Crippen LogP contribution is -2.34. The number of nitrogens with two attached hydrogens (primary N) is 2. The highest BCUT2D eigenvalue weighted by Crippen LogP contribution is 2.42. The first kappa shape index (κ1) is 13.4. The minimum atomic E-state index is -0.910. The molecular weight excluding hydrogens is 260 g/mol. The first-order valence-electron chi connectivity index (χ1n) is 6.70. The summed E-state index contributed by atoms with van der Waals surface area (Å²) in [5.74, 6) is -0.0774. The van der Waals surface area contributed by atoms with Crippen LogP contribution in [0.4, 0.5) is 0 Å². The van der Waals surface area contributed by atoms with Crippen LogP contribution >= 0.6 is 0 Å². The van der Waals surface area contributed by atoms with E-state index < -0.39 is 18.4 Å². The van der Waals surface area contributed by atoms with Crippen LogP contribution in [0.1, 0.15) is 35.3 Å². The third-order valence-corrected chi connectivity index (χ3v) is 4.35. The van der Waals surface area contributed by atoms with Crippen LogP contribution < -0.4 is 16.8 Å². The Hall–Kier alpha value is -1.54. The second-order valence-corrected chi connectivity index (χ2v) is 5.56. The summed E-state index contributed by atoms with van der Waals surface area (Å²) >= 11 is 0. The van der Waals surface area contributed by atoms with Crippen molar-refractivity contribution in [3.63, 3.8) is 0 Å². The van der Waals surface area contributed by atoms with E-state index in [9.17, 15) is 15.3 Å². The topological polar surface area (TPSA) is 141 Å². The van der Waals surface area contributed by atoms with Gasteiger partial charge in [0.05, 0.1) is 23.7 Å². The number of fused-ring (bicyclic) bond motifs is 1. The maximum absolute atomic E-state index is 10.2. The normalized spacial score (nSPS) is 36.4. The fourth-order valence-corrected chi connectivity index (χ4v) is 3.26. The Morgan fingerprint density at radius 2 is 2.05 bits per heavy atom. The molecule has 0 bridgehead atoms. The minimum Gasteiger partial charge on any atom is -0.396 e. The zero-order valence-corrected chi connectivity index (χ0v) is 11.0. The Labute approximate surface area is 116 Å². The molecule has 0 saturated heterocycles. The first-order valence-corrected chi connectivity index (χ1v) is 6.70. The van der Waals surface area contributed by atoms with Crippen LogP contribution in [-0.4, -0.2) is 39.1 Å². The zero-order valence-electron chi connectivity index (χ0n) is 11.0. The van der Waals surface area contributed by atoms with Crippen LogP contribution in [0.3, 0.4) is 0 Å². The van der Waals surface area contributed by atoms with Gasteiger partial charge in [-0.3, -0.25) is 0 Å². The summed E-state index contributed by atoms with van der Waals surface area (Å²) in [6, 6.07) is 0. The summed E-state index contributed by atoms with van der Waals surface area (Å²) in [7, 11) is 0. The van der Waals surface area contributed by atoms with E-state index in [1.54, 1.807) is 12.3 Å². The van der Waals surface area contributed by atoms with Crippen molar-refractivity contribution in [2.24, 2.45) is 17.4 Å². The van der Waals surface area contributed by atoms with Gasteiger partial charge in [0.1, 0.15) is 6.17 Å². The monoisotopic (exact) mass is 280 g/mol. The summed E-state index contributed by atoms with van der Waals surface area (Å²) in [6.45, 7) is -0.139. The molecule has 2 aliphatic rings. The maximum atomic E-state index is 10.2. The molecule has 1 aromatic rings. The van der Waals surface area contributed by atoms with Gasteiger partial charge in [-0.15, -0.1) is 0 Å². The first-order chi connectivity index (χ1) is 9.52. The van der Waals surface area contributed by atoms with Gasteiger partial charge in [0.2, 0.25) is 0 Å². The Morgan fingerprint density at radius 3 is 2.70 bits per heavy atom. The number of nitrogens with one attached hydrogen (secondary N) is 2. The molecule has 1 aliphatic carbocycles. The van der Waals surface area contributed by atoms with Gasteiger partial charge < -0.3 is 37.1 Å². The zero-order chi connectivity index (χ0) is 14.4. The van der Waals surface area contributed by atoms with Crippen LogP contribution in [0, 0.1) is 5.92 Å². The molecule has 1 unspecified atom stereocenters. The van der Waals surface area contributed by atoms with Gasteiger partial charge in [-0.2, -0.15) is 0 Å². The molecule has 1 fully saturated rings. The molecule has 1 saturated carbocycles. The van der Waals surface area contributed by atoms with Gasteiger partial charge in [-0.05, 0) is 18.1 Å². The number of aromatic amines is 1. The SMILES string of the molecule is NC1=Cc2c([C@@H]3C[C@H](CO)[C@@H](O)[C@H]3O)c[nH]c2C(N)N1. The maximum Gasteiger partial charge on any atom is 0.118 e. The third-order valence-electron chi connectivity index (χ3n) is 4.35. The van der Waals surface area contributed by atoms with Crippen molar-refractivity contribution in [3.05, 3.63) is 28.8 Å². The van der Waals surface area contributed by atoms with E-state index in [1.807, 2.05) is 0 Å². The standard InChI is InChI=1S/C13H20N4O3/c14-9-2-6-8(3-16-10(6)13(15)17-9)7-1-5(4-18)11(19)12(7)20/h2-3,5,7,11-13,16-20H,1,4,14-15H2/t5-,7+,11-,12+,13?/m1/s1. The summed E-state index contributed by atoms with van der Waals surface area (Å²) in [6.07, 6.45) is 1.87. The Kier molecular flexibility index (Phi) is 3.21. The molecule has 5 atom stereocenters. The largest absolute Gasteiger partial charge is 0.396 e. The second-order valence-electron chi connectivity index (χ2n) is 5.56. The number of hydrogen-bond donors (Lipinski definition) is 7. The number of H-pyrrole nitrogens is 1. The van der Waals surface area contributed by atoms with Crippen molar-refractivity contribution in [2.45, 2.75) is 30.7 Å². The molecule has 20 heavy (non-hydrogen) atoms. The van der Waals surface area contributed by atoms with E-state index in [1.165, 1.54) is 0 Å². The van der Waals surface area contributed by atoms with Gasteiger partial charge >= 0.3 is 0 Å². The fourth-order valence-electron chi connectivity index (χ4n) is 3.26. The van der Waals surface area contributed by atoms with Crippen LogP contribution in [0.2, 0.25) is 0 Å². The molecular formula is C13H20N4O3. The fraction of sp³-hybridized carbons (Fsp3) is 0.538. The summed E-state index contributed by atoms with van der Waals surface area (Å²) < 4.78 is 0. The highest BCUT2D eigenvalue weighted by atomic mass is 16.3. The number of hydrogen-bond acceptors (Lipinski definition) is 6. The van der Waals surface area contributed by atoms with Crippen molar-refractivity contribution in [2.75, 3.05) is 6.61 Å². The van der Waals surface area contributed by atoms with Crippen LogP contribution in [0.15, 0.2) is 12.0 Å². The Morgan fingerprint density at radius 1 is 1.30 bits per heavy atom. The van der Waals surface area contributed by atoms with E-state index >= 15 is 0 Å². The summed E-state index contributed by atoms with van der Waals surface area (Å²) in [5, 5.41) is 32.3. The summed E-state index contributed by atoms with van der Waals surface area (Å²) in [5.41, 5.74) is 14.3. The van der Waals surface area contributed by atoms with Crippen molar-refractivity contribution in [1.29, 1.82) is 0 Å². The van der Waals surface area contributed by atoms with Gasteiger partial charge in [0, 0.05) is 30.2 Å². The van der Waals surface area contributed by atoms with Gasteiger partial charge in [0.25, 0.3) is 0 Å². The highest BCUT2D eigenvalue weighted by molar-refractivity contribution is 5.62. The molecule has 0 spiro atoms. The van der Waals surface area contributed by atoms with E-state index in [0.29, 0.717) is 12.2 Å². The molecule has 1 aromatic heterocycles. The summed E-state index contributed by atoms with van der Waals surface area (Å²) in [4.78, 5) is 3.10. The van der Waals surface area contributed by atoms with Crippen LogP contribution in [-0.2, 0) is 0 Å². The molecule has 7 heteroatoms. The molecule has 0 radical (unpaired) electrons. The van der Waals surface area contributed by atoms with Gasteiger partial charge in [-0.25, -0.2) is 0 Å². The average molecular weight is 280 g/mol. The molecule has 110 valence electrons. The lowest BCUT2D eigenvalue weighted by molar-refractivity contribution is 0.00231. The minimum absolute atomic E-state index is 0.139. The molecule has 7 nitrogen and oxygen atoms in total. The molecule has 3 rings (SSSR count). The lowest BCUT2D eigenvalue weighted by Gasteiger charge is -2.22. The highest BCUT2D eigenvalue weighted by Gasteiger charge is 2.43. The van der Waals surface area contributed by atoms with Crippen LogP contribution in [0.25, 0.3) is 6.08 Å². The van der Waals surface area contributed by atoms with Gasteiger partial charge in [-0.1, -0.05) is 0 Å². The Bertz CT molecular complexity index is 542. The third kappa shape index (κ3) is 1.90. The molecule has 1 aliphatic heterocycles. The predicted octanol–water partition coefficient (Wildman–Crippen LogP) is -1.35. The van der Waals surface area contributed by atoms with E-state index in [-0.39, 0.29) is 18.4 Å². The average Bonchev–Trinajstić information content (AvgIpc) is 2.93. The van der Waals surface area contributed by atoms with Crippen molar-refractivity contribution >= 4 is 6.08 Å². The number of aromatic nitrogens is 1. The lowest BCUT2D eigenvalue weighted by atomic mass is 9.92. The van der Waals surface area contributed by atoms with Crippen molar-refractivity contribution in [1.82, 2.24) is 10.3 Å². The molecule has 2 heterocycles. The van der Waals surface area contributed by atoms with Crippen molar-refractivity contribution < 1.29 is 15.3 Å². The molecule has 0 aromatic carbocycles. The number of rotatable bonds is 2. The van der Waals surface area contributed by atoms with Crippen LogP contribution in [0.5, 0.6) is 0 Å². The van der Waals surface area contributed by atoms with Gasteiger partial charge in [0.15, 0.2) is 0 Å². The molecule has 0 amide bonds. The second kappa shape index (κ2) is 4.78. The smallest absolute Gasteiger partial charge is 0.118 e. The number of aliphatic hydroxyl groups excluding tert-OH is 3. The Balaban J connectivity index is 1.97. The predicted molar refractivity (Wildman–Crippen MR) is 73.0 cm³/mol. The number of aliphatic hydroxyl groups is 3. The quantitative estimate of drug-likeness (QED) is 0.357. The van der Waals surface area contributed by atoms with E-state index in [0.717, 1.165) is 16.8 Å².